The molecule has 332 valence electrons. The van der Waals surface area contributed by atoms with Gasteiger partial charge in [0.05, 0.1) is 31.4 Å². The number of amides is 2. The van der Waals surface area contributed by atoms with Gasteiger partial charge in [-0.25, -0.2) is 23.2 Å². The maximum absolute atomic E-state index is 14.9. The van der Waals surface area contributed by atoms with E-state index >= 15 is 0 Å². The highest BCUT2D eigenvalue weighted by atomic mass is 19.1. The second kappa shape index (κ2) is 19.1. The number of aliphatic hydroxyl groups is 1. The summed E-state index contributed by atoms with van der Waals surface area (Å²) < 4.78 is 48.4. The zero-order valence-corrected chi connectivity index (χ0v) is 35.9. The number of carbonyl (C=O) groups excluding carboxylic acids is 1. The van der Waals surface area contributed by atoms with E-state index in [2.05, 4.69) is 49.1 Å². The number of rotatable bonds is 14. The van der Waals surface area contributed by atoms with Crippen LogP contribution in [0.2, 0.25) is 0 Å². The van der Waals surface area contributed by atoms with Gasteiger partial charge in [-0.15, -0.1) is 0 Å². The SMILES string of the molecule is CCCCCC1(O)CN(c2ccc(N3CCN(c4ccc(OC[C@H]5OC[C@](Cn6cncn6)(c6ccc(F)cc6F)O5)cc4)CC3)cc2)C(=O)N1C(C)C.c1ccc2[nH]ncc2c1. The number of H-pyrrole nitrogens is 1. The summed E-state index contributed by atoms with van der Waals surface area (Å²) in [6.45, 7) is 9.86. The third-order valence-corrected chi connectivity index (χ3v) is 11.9. The third-order valence-electron chi connectivity index (χ3n) is 11.9. The fourth-order valence-electron chi connectivity index (χ4n) is 8.71. The number of halogens is 2. The minimum atomic E-state index is -1.24. The van der Waals surface area contributed by atoms with Crippen LogP contribution in [0.25, 0.3) is 10.9 Å². The number of para-hydroxylation sites is 1. The molecule has 2 aromatic heterocycles. The van der Waals surface area contributed by atoms with E-state index in [1.54, 1.807) is 9.80 Å². The van der Waals surface area contributed by atoms with Crippen LogP contribution < -0.4 is 19.4 Å². The zero-order valence-electron chi connectivity index (χ0n) is 35.9. The lowest BCUT2D eigenvalue weighted by molar-refractivity contribution is -0.117. The lowest BCUT2D eigenvalue weighted by Crippen LogP contribution is -2.50. The number of benzene rings is 4. The summed E-state index contributed by atoms with van der Waals surface area (Å²) in [5.74, 6) is -0.764. The standard InChI is InChI=1S/C40H49F2N7O5.C7H6N2/c1-4-5-6-17-40(51)25-48(38(50)49(40)29(2)3)33-10-8-31(9-11-33)45-18-20-46(21-19-45)32-12-14-34(15-13-32)52-23-37-53-26-39(54-37,24-47-28-43-27-44-47)35-16-7-30(41)22-36(35)42;1-2-4-7-6(3-1)5-8-9-7/h7-16,22,27-29,37,51H,4-6,17-21,23-26H2,1-3H3;1-5H,(H,8,9)/t37-,39+,40?;/m0./s1. The molecule has 0 aliphatic carbocycles. The summed E-state index contributed by atoms with van der Waals surface area (Å²) >= 11 is 0. The van der Waals surface area contributed by atoms with Crippen LogP contribution in [0.5, 0.6) is 5.75 Å². The van der Waals surface area contributed by atoms with Gasteiger partial charge in [-0.05, 0) is 87.4 Å². The second-order valence-electron chi connectivity index (χ2n) is 16.6. The average molecular weight is 864 g/mol. The second-order valence-corrected chi connectivity index (χ2v) is 16.6. The van der Waals surface area contributed by atoms with Crippen molar-refractivity contribution in [3.05, 3.63) is 127 Å². The number of nitrogens with one attached hydrogen (secondary N) is 1. The number of urea groups is 1. The molecular formula is C47H55F2N9O5. The first-order chi connectivity index (χ1) is 30.5. The third kappa shape index (κ3) is 9.77. The summed E-state index contributed by atoms with van der Waals surface area (Å²) in [5.41, 5.74) is 1.83. The van der Waals surface area contributed by atoms with Crippen molar-refractivity contribution in [2.24, 2.45) is 0 Å². The normalized spacial score (nSPS) is 21.4. The Morgan fingerprint density at radius 1 is 0.921 bits per heavy atom. The number of nitrogens with zero attached hydrogens (tertiary/aromatic N) is 8. The topological polar surface area (TPSA) is 137 Å². The molecule has 4 aromatic carbocycles. The number of hydrogen-bond acceptors (Lipinski definition) is 10. The largest absolute Gasteiger partial charge is 0.488 e. The summed E-state index contributed by atoms with van der Waals surface area (Å²) in [6, 6.07) is 27.1. The molecule has 3 aliphatic rings. The van der Waals surface area contributed by atoms with Crippen LogP contribution in [0.1, 0.15) is 52.0 Å². The Balaban J connectivity index is 0.000000533. The smallest absolute Gasteiger partial charge is 0.327 e. The van der Waals surface area contributed by atoms with Crippen molar-refractivity contribution < 1.29 is 32.9 Å². The summed E-state index contributed by atoms with van der Waals surface area (Å²) in [6.07, 6.45) is 7.44. The van der Waals surface area contributed by atoms with Crippen molar-refractivity contribution in [1.29, 1.82) is 0 Å². The molecule has 0 radical (unpaired) electrons. The van der Waals surface area contributed by atoms with Crippen LogP contribution in [-0.2, 0) is 21.6 Å². The van der Waals surface area contributed by atoms with Gasteiger partial charge in [-0.3, -0.25) is 14.9 Å². The van der Waals surface area contributed by atoms with E-state index in [1.165, 1.54) is 29.5 Å². The van der Waals surface area contributed by atoms with Crippen LogP contribution in [0.4, 0.5) is 30.6 Å². The number of piperazine rings is 1. The molecule has 9 rings (SSSR count). The van der Waals surface area contributed by atoms with E-state index in [4.69, 9.17) is 14.2 Å². The number of hydrogen-bond donors (Lipinski definition) is 2. The Morgan fingerprint density at radius 3 is 2.27 bits per heavy atom. The van der Waals surface area contributed by atoms with Crippen LogP contribution >= 0.6 is 0 Å². The fourth-order valence-corrected chi connectivity index (χ4v) is 8.71. The van der Waals surface area contributed by atoms with Gasteiger partial charge >= 0.3 is 6.03 Å². The van der Waals surface area contributed by atoms with Crippen molar-refractivity contribution in [3.8, 4) is 5.75 Å². The van der Waals surface area contributed by atoms with E-state index in [9.17, 15) is 18.7 Å². The van der Waals surface area contributed by atoms with Crippen LogP contribution in [0.3, 0.4) is 0 Å². The van der Waals surface area contributed by atoms with Gasteiger partial charge < -0.3 is 29.1 Å². The van der Waals surface area contributed by atoms with Gasteiger partial charge in [0.2, 0.25) is 0 Å². The molecule has 2 N–H and O–H groups in total. The van der Waals surface area contributed by atoms with Crippen LogP contribution in [0.15, 0.2) is 110 Å². The minimum absolute atomic E-state index is 0.0250. The molecule has 14 nitrogen and oxygen atoms in total. The summed E-state index contributed by atoms with van der Waals surface area (Å²) in [5, 5.41) is 23.6. The van der Waals surface area contributed by atoms with Crippen molar-refractivity contribution in [1.82, 2.24) is 29.9 Å². The van der Waals surface area contributed by atoms with Crippen molar-refractivity contribution in [3.63, 3.8) is 0 Å². The number of aromatic amines is 1. The molecule has 16 heteroatoms. The Hall–Kier alpha value is -6.10. The number of ether oxygens (including phenoxy) is 3. The molecule has 3 fully saturated rings. The van der Waals surface area contributed by atoms with E-state index < -0.39 is 29.3 Å². The van der Waals surface area contributed by atoms with E-state index in [0.29, 0.717) is 12.2 Å². The molecule has 1 unspecified atom stereocenters. The van der Waals surface area contributed by atoms with E-state index in [1.807, 2.05) is 80.7 Å². The molecule has 63 heavy (non-hydrogen) atoms. The molecule has 3 atom stereocenters. The first kappa shape index (κ1) is 43.5. The van der Waals surface area contributed by atoms with E-state index in [0.717, 1.165) is 79.5 Å². The molecule has 2 amide bonds. The highest BCUT2D eigenvalue weighted by Crippen LogP contribution is 2.38. The Morgan fingerprint density at radius 2 is 1.62 bits per heavy atom. The Bertz CT molecular complexity index is 2380. The molecule has 5 heterocycles. The lowest BCUT2D eigenvalue weighted by atomic mass is 9.94. The lowest BCUT2D eigenvalue weighted by Gasteiger charge is -2.37. The first-order valence-electron chi connectivity index (χ1n) is 21.7. The quantitative estimate of drug-likeness (QED) is 0.105. The van der Waals surface area contributed by atoms with Crippen LogP contribution in [-0.4, -0.2) is 105 Å². The van der Waals surface area contributed by atoms with Crippen LogP contribution in [0, 0.1) is 11.6 Å². The Labute approximate surface area is 366 Å². The number of fused-ring (bicyclic) bond motifs is 1. The summed E-state index contributed by atoms with van der Waals surface area (Å²) in [4.78, 5) is 25.4. The molecule has 3 aliphatic heterocycles. The highest BCUT2D eigenvalue weighted by Gasteiger charge is 2.50. The molecule has 0 bridgehead atoms. The maximum atomic E-state index is 14.9. The van der Waals surface area contributed by atoms with Gasteiger partial charge in [-0.2, -0.15) is 10.2 Å². The van der Waals surface area contributed by atoms with Crippen molar-refractivity contribution in [2.45, 2.75) is 76.7 Å². The number of β-amino-alcohol motifs (C(OH)–C–C–N with tert-alkyl or cyclic N) is 1. The zero-order chi connectivity index (χ0) is 44.0. The molecule has 0 saturated carbocycles. The Kier molecular flexibility index (Phi) is 13.2. The van der Waals surface area contributed by atoms with E-state index in [-0.39, 0.29) is 43.9 Å². The molecule has 3 saturated heterocycles. The highest BCUT2D eigenvalue weighted by molar-refractivity contribution is 5.95. The molecule has 0 spiro atoms. The molecular weight excluding hydrogens is 809 g/mol. The minimum Gasteiger partial charge on any atom is -0.488 e. The van der Waals surface area contributed by atoms with Gasteiger partial charge in [-0.1, -0.05) is 44.0 Å². The first-order valence-corrected chi connectivity index (χ1v) is 21.7. The number of carbonyl (C=O) groups is 1. The molecule has 6 aromatic rings. The maximum Gasteiger partial charge on any atom is 0.327 e. The average Bonchev–Trinajstić information content (AvgIpc) is 4.11. The van der Waals surface area contributed by atoms with Gasteiger partial charge in [0, 0.05) is 66.3 Å². The summed E-state index contributed by atoms with van der Waals surface area (Å²) in [7, 11) is 0. The fraction of sp³-hybridized carbons (Fsp3) is 0.404. The van der Waals surface area contributed by atoms with Gasteiger partial charge in [0.15, 0.2) is 12.0 Å². The number of unbranched alkanes of at least 4 members (excludes halogenated alkanes) is 2. The predicted octanol–water partition coefficient (Wildman–Crippen LogP) is 7.71. The van der Waals surface area contributed by atoms with Gasteiger partial charge in [0.1, 0.15) is 42.2 Å². The van der Waals surface area contributed by atoms with Gasteiger partial charge in [0.25, 0.3) is 0 Å². The number of aromatic nitrogens is 5. The monoisotopic (exact) mass is 863 g/mol. The predicted molar refractivity (Wildman–Crippen MR) is 237 cm³/mol. The van der Waals surface area contributed by atoms with Crippen molar-refractivity contribution >= 4 is 34.0 Å². The van der Waals surface area contributed by atoms with Crippen molar-refractivity contribution in [2.75, 3.05) is 60.6 Å². The number of anilines is 3.